The maximum atomic E-state index is 12.6. The summed E-state index contributed by atoms with van der Waals surface area (Å²) in [6.07, 6.45) is 0. The van der Waals surface area contributed by atoms with E-state index in [1.807, 2.05) is 43.3 Å². The first-order valence-corrected chi connectivity index (χ1v) is 10.6. The molecule has 0 fully saturated rings. The third kappa shape index (κ3) is 4.92. The monoisotopic (exact) mass is 482 g/mol. The average molecular weight is 483 g/mol. The van der Waals surface area contributed by atoms with E-state index >= 15 is 0 Å². The van der Waals surface area contributed by atoms with Gasteiger partial charge in [0.15, 0.2) is 0 Å². The van der Waals surface area contributed by atoms with Gasteiger partial charge in [-0.25, -0.2) is 4.79 Å². The maximum absolute atomic E-state index is 12.6. The maximum Gasteiger partial charge on any atom is 0.338 e. The predicted molar refractivity (Wildman–Crippen MR) is 120 cm³/mol. The van der Waals surface area contributed by atoms with Crippen LogP contribution < -0.4 is 10.5 Å². The van der Waals surface area contributed by atoms with E-state index in [0.29, 0.717) is 28.2 Å². The highest BCUT2D eigenvalue weighted by molar-refractivity contribution is 9.10. The fourth-order valence-corrected chi connectivity index (χ4v) is 3.86. The smallest absolute Gasteiger partial charge is 0.338 e. The van der Waals surface area contributed by atoms with Gasteiger partial charge in [-0.1, -0.05) is 35.9 Å². The van der Waals surface area contributed by atoms with Gasteiger partial charge in [-0.15, -0.1) is 0 Å². The van der Waals surface area contributed by atoms with E-state index in [4.69, 9.17) is 19.9 Å². The Hall–Kier alpha value is -3.24. The van der Waals surface area contributed by atoms with Gasteiger partial charge in [0.05, 0.1) is 22.6 Å². The highest BCUT2D eigenvalue weighted by Gasteiger charge is 2.36. The van der Waals surface area contributed by atoms with Crippen LogP contribution >= 0.6 is 15.9 Å². The van der Waals surface area contributed by atoms with Crippen LogP contribution in [-0.2, 0) is 20.9 Å². The van der Waals surface area contributed by atoms with Gasteiger partial charge in [0, 0.05) is 0 Å². The highest BCUT2D eigenvalue weighted by Crippen LogP contribution is 2.41. The Morgan fingerprint density at radius 2 is 1.94 bits per heavy atom. The number of hydrogen-bond acceptors (Lipinski definition) is 6. The van der Waals surface area contributed by atoms with Gasteiger partial charge in [-0.05, 0) is 60.0 Å². The quantitative estimate of drug-likeness (QED) is 0.583. The fraction of sp³-hybridized carbons (Fsp3) is 0.250. The summed E-state index contributed by atoms with van der Waals surface area (Å²) in [7, 11) is 0. The van der Waals surface area contributed by atoms with Crippen LogP contribution in [0.5, 0.6) is 5.75 Å². The molecule has 7 heteroatoms. The zero-order chi connectivity index (χ0) is 22.5. The Kier molecular flexibility index (Phi) is 7.03. The number of nitrogens with zero attached hydrogens (tertiary/aromatic N) is 1. The first kappa shape index (κ1) is 22.4. The number of nitrogens with two attached hydrogens (primary N) is 1. The number of nitriles is 1. The summed E-state index contributed by atoms with van der Waals surface area (Å²) in [5.41, 5.74) is 9.30. The minimum absolute atomic E-state index is 0.0196. The number of allylic oxidation sites excluding steroid dienone is 2. The van der Waals surface area contributed by atoms with Crippen molar-refractivity contribution in [2.45, 2.75) is 33.3 Å². The second-order valence-electron chi connectivity index (χ2n) is 7.08. The first-order valence-electron chi connectivity index (χ1n) is 9.79. The van der Waals surface area contributed by atoms with Crippen LogP contribution in [0.2, 0.25) is 0 Å². The summed E-state index contributed by atoms with van der Waals surface area (Å²) in [5, 5.41) is 9.68. The molecule has 0 bridgehead atoms. The molecule has 0 spiro atoms. The summed E-state index contributed by atoms with van der Waals surface area (Å²) in [6.45, 7) is 6.01. The average Bonchev–Trinajstić information content (AvgIpc) is 2.73. The van der Waals surface area contributed by atoms with Gasteiger partial charge in [0.25, 0.3) is 0 Å². The van der Waals surface area contributed by atoms with Crippen molar-refractivity contribution in [1.29, 1.82) is 5.26 Å². The number of carbonyl (C=O) groups is 1. The van der Waals surface area contributed by atoms with Crippen LogP contribution in [0, 0.1) is 18.3 Å². The van der Waals surface area contributed by atoms with E-state index in [1.54, 1.807) is 19.9 Å². The SMILES string of the molecule is CCOC(=O)C1=C(C)OC(N)=C(C#N)C1c1ccc(OCc2ccc(C)cc2)c(Br)c1. The molecule has 3 rings (SSSR count). The molecule has 0 aromatic heterocycles. The summed E-state index contributed by atoms with van der Waals surface area (Å²) < 4.78 is 17.3. The Labute approximate surface area is 190 Å². The molecule has 0 amide bonds. The lowest BCUT2D eigenvalue weighted by Crippen LogP contribution is -2.25. The second-order valence-corrected chi connectivity index (χ2v) is 7.93. The van der Waals surface area contributed by atoms with E-state index in [0.717, 1.165) is 5.56 Å². The third-order valence-electron chi connectivity index (χ3n) is 4.91. The molecule has 1 aliphatic heterocycles. The molecule has 6 nitrogen and oxygen atoms in total. The normalized spacial score (nSPS) is 15.9. The molecule has 0 aliphatic carbocycles. The van der Waals surface area contributed by atoms with Gasteiger partial charge < -0.3 is 19.9 Å². The molecule has 1 aliphatic rings. The van der Waals surface area contributed by atoms with Crippen LogP contribution in [0.3, 0.4) is 0 Å². The lowest BCUT2D eigenvalue weighted by atomic mass is 9.83. The number of benzene rings is 2. The van der Waals surface area contributed by atoms with Crippen LogP contribution in [0.1, 0.15) is 36.5 Å². The van der Waals surface area contributed by atoms with E-state index in [9.17, 15) is 10.1 Å². The molecule has 0 saturated carbocycles. The van der Waals surface area contributed by atoms with Crippen molar-refractivity contribution < 1.29 is 19.0 Å². The Bertz CT molecular complexity index is 1100. The van der Waals surface area contributed by atoms with E-state index in [-0.39, 0.29) is 23.6 Å². The van der Waals surface area contributed by atoms with Gasteiger partial charge in [0.1, 0.15) is 29.8 Å². The molecule has 0 saturated heterocycles. The summed E-state index contributed by atoms with van der Waals surface area (Å²) in [4.78, 5) is 12.6. The minimum atomic E-state index is -0.694. The van der Waals surface area contributed by atoms with Crippen molar-refractivity contribution in [3.63, 3.8) is 0 Å². The lowest BCUT2D eigenvalue weighted by molar-refractivity contribution is -0.139. The van der Waals surface area contributed by atoms with Crippen molar-refractivity contribution in [3.05, 3.63) is 86.4 Å². The number of carbonyl (C=O) groups excluding carboxylic acids is 1. The van der Waals surface area contributed by atoms with Crippen LogP contribution in [0.25, 0.3) is 0 Å². The molecule has 2 aromatic rings. The highest BCUT2D eigenvalue weighted by atomic mass is 79.9. The standard InChI is InChI=1S/C24H23BrN2O4/c1-4-29-24(28)21-15(3)31-23(27)18(12-26)22(21)17-9-10-20(19(25)11-17)30-13-16-7-5-14(2)6-8-16/h5-11,22H,4,13,27H2,1-3H3. The Morgan fingerprint density at radius 1 is 1.23 bits per heavy atom. The van der Waals surface area contributed by atoms with Gasteiger partial charge >= 0.3 is 5.97 Å². The van der Waals surface area contributed by atoms with Crippen molar-refractivity contribution in [2.75, 3.05) is 6.61 Å². The van der Waals surface area contributed by atoms with Crippen molar-refractivity contribution in [2.24, 2.45) is 5.73 Å². The molecule has 1 atom stereocenters. The molecular formula is C24H23BrN2O4. The largest absolute Gasteiger partial charge is 0.488 e. The van der Waals surface area contributed by atoms with Crippen LogP contribution in [0.15, 0.2) is 69.7 Å². The number of aryl methyl sites for hydroxylation is 1. The topological polar surface area (TPSA) is 94.6 Å². The molecular weight excluding hydrogens is 460 g/mol. The van der Waals surface area contributed by atoms with Gasteiger partial charge in [-0.2, -0.15) is 5.26 Å². The van der Waals surface area contributed by atoms with E-state index < -0.39 is 11.9 Å². The second kappa shape index (κ2) is 9.71. The molecule has 2 aromatic carbocycles. The fourth-order valence-electron chi connectivity index (χ4n) is 3.35. The molecule has 0 radical (unpaired) electrons. The van der Waals surface area contributed by atoms with E-state index in [2.05, 4.69) is 22.0 Å². The summed E-state index contributed by atoms with van der Waals surface area (Å²) in [5.74, 6) is -0.295. The number of esters is 1. The summed E-state index contributed by atoms with van der Waals surface area (Å²) >= 11 is 3.54. The van der Waals surface area contributed by atoms with Gasteiger partial charge in [-0.3, -0.25) is 0 Å². The third-order valence-corrected chi connectivity index (χ3v) is 5.52. The molecule has 160 valence electrons. The van der Waals surface area contributed by atoms with Crippen molar-refractivity contribution in [3.8, 4) is 11.8 Å². The molecule has 1 unspecified atom stereocenters. The Balaban J connectivity index is 1.92. The van der Waals surface area contributed by atoms with E-state index in [1.165, 1.54) is 5.56 Å². The van der Waals surface area contributed by atoms with Crippen molar-refractivity contribution >= 4 is 21.9 Å². The molecule has 1 heterocycles. The number of rotatable bonds is 6. The molecule has 2 N–H and O–H groups in total. The molecule has 31 heavy (non-hydrogen) atoms. The van der Waals surface area contributed by atoms with Crippen LogP contribution in [-0.4, -0.2) is 12.6 Å². The predicted octanol–water partition coefficient (Wildman–Crippen LogP) is 4.98. The van der Waals surface area contributed by atoms with Crippen molar-refractivity contribution in [1.82, 2.24) is 0 Å². The minimum Gasteiger partial charge on any atom is -0.488 e. The first-order chi connectivity index (χ1) is 14.8. The number of hydrogen-bond donors (Lipinski definition) is 1. The van der Waals surface area contributed by atoms with Crippen LogP contribution in [0.4, 0.5) is 0 Å². The summed E-state index contributed by atoms with van der Waals surface area (Å²) in [6, 6.07) is 15.6. The number of halogens is 1. The Morgan fingerprint density at radius 3 is 2.55 bits per heavy atom. The number of ether oxygens (including phenoxy) is 3. The zero-order valence-electron chi connectivity index (χ0n) is 17.6. The van der Waals surface area contributed by atoms with Gasteiger partial charge in [0.2, 0.25) is 5.88 Å². The zero-order valence-corrected chi connectivity index (χ0v) is 19.2. The lowest BCUT2D eigenvalue weighted by Gasteiger charge is -2.27.